The fourth-order valence-electron chi connectivity index (χ4n) is 27.0. The van der Waals surface area contributed by atoms with Crippen molar-refractivity contribution in [2.45, 2.75) is 206 Å². The van der Waals surface area contributed by atoms with Gasteiger partial charge in [0.05, 0.1) is 23.9 Å². The number of aliphatic hydroxyl groups excluding tert-OH is 2. The maximum Gasteiger partial charge on any atom is 0.307 e. The highest BCUT2D eigenvalue weighted by molar-refractivity contribution is 5.78. The lowest BCUT2D eigenvalue weighted by Gasteiger charge is -2.74. The van der Waals surface area contributed by atoms with Crippen LogP contribution in [0.1, 0.15) is 204 Å². The number of rotatable bonds is 5. The minimum absolute atomic E-state index is 0.0981. The zero-order chi connectivity index (χ0) is 62.7. The molecule has 3 spiro atoms. The van der Waals surface area contributed by atoms with Gasteiger partial charge in [-0.05, 0) is 255 Å². The average molecular weight is 1230 g/mol. The van der Waals surface area contributed by atoms with Crippen molar-refractivity contribution in [3.8, 4) is 0 Å². The number of carbonyl (C=O) groups is 1. The summed E-state index contributed by atoms with van der Waals surface area (Å²) in [5, 5.41) is 50.1. The quantitative estimate of drug-likeness (QED) is 0.163. The van der Waals surface area contributed by atoms with Gasteiger partial charge in [-0.3, -0.25) is 4.79 Å². The molecule has 6 saturated carbocycles. The van der Waals surface area contributed by atoms with Crippen LogP contribution in [0.5, 0.6) is 0 Å². The van der Waals surface area contributed by atoms with Gasteiger partial charge >= 0.3 is 5.97 Å². The Morgan fingerprint density at radius 1 is 0.772 bits per heavy atom. The van der Waals surface area contributed by atoms with Gasteiger partial charge in [-0.2, -0.15) is 0 Å². The number of hydrogen-bond donors (Lipinski definition) is 5. The van der Waals surface area contributed by atoms with Gasteiger partial charge in [0.1, 0.15) is 0 Å². The topological polar surface area (TPSA) is 102 Å². The zero-order valence-electron chi connectivity index (χ0n) is 56.1. The first-order chi connectivity index (χ1) is 44.6. The molecule has 12 aliphatic carbocycles. The van der Waals surface area contributed by atoms with Gasteiger partial charge in [0, 0.05) is 46.1 Å². The van der Waals surface area contributed by atoms with E-state index in [0.29, 0.717) is 54.8 Å². The van der Waals surface area contributed by atoms with E-state index in [0.717, 1.165) is 95.5 Å². The van der Waals surface area contributed by atoms with Crippen molar-refractivity contribution in [1.82, 2.24) is 10.6 Å². The summed E-state index contributed by atoms with van der Waals surface area (Å²) in [6.45, 7) is 16.7. The van der Waals surface area contributed by atoms with E-state index in [-0.39, 0.29) is 39.4 Å². The van der Waals surface area contributed by atoms with Crippen LogP contribution in [-0.4, -0.2) is 46.6 Å². The van der Waals surface area contributed by atoms with Crippen LogP contribution < -0.4 is 21.1 Å². The SMILES string of the molecule is C=C1CCC(C(=O)O)C23C=CC4C(CCC45CC4CCC(c6ccccc6)CC4C5)C4(CC2O)C2=C(CCC43C)C34CCC(O)C5(C)CC=C(CC(C)C)C(C=C6C(=c7ccccc7=CC63)Cc3cccc(c3)C3=CC=C(NCCCC1C1CCCCC1)NC3)(C2)C54. The second-order valence-corrected chi connectivity index (χ2v) is 34.4. The lowest BCUT2D eigenvalue weighted by atomic mass is 9.29. The molecule has 6 nitrogen and oxygen atoms in total. The number of fused-ring (bicyclic) bond motifs is 4. The third kappa shape index (κ3) is 8.50. The van der Waals surface area contributed by atoms with E-state index >= 15 is 4.79 Å². The van der Waals surface area contributed by atoms with E-state index in [1.165, 1.54) is 120 Å². The Kier molecular flexibility index (Phi) is 14.4. The molecule has 18 atom stereocenters. The molecule has 14 bridgehead atoms. The Balaban J connectivity index is 0.892. The van der Waals surface area contributed by atoms with Crippen LogP contribution in [0.25, 0.3) is 17.2 Å². The highest BCUT2D eigenvalue weighted by Gasteiger charge is 2.81. The molecule has 6 heterocycles. The van der Waals surface area contributed by atoms with Gasteiger partial charge in [-0.1, -0.05) is 191 Å². The molecule has 6 aliphatic heterocycles. The molecule has 18 unspecified atom stereocenters. The van der Waals surface area contributed by atoms with E-state index in [1.54, 1.807) is 16.7 Å². The molecule has 0 aromatic heterocycles. The highest BCUT2D eigenvalue weighted by atomic mass is 16.4. The Morgan fingerprint density at radius 2 is 1.60 bits per heavy atom. The standard InChI is InChI=1S/C86H106N2O4/c1-53(2)42-64-31-36-80(4)75(89)35-39-84-70-32-37-81(5)85-40-34-69-71(33-38-82(69)47-61-27-26-59(45-63(61)48-82)56-17-8-6-9-18-56)86(81,51-76(85)90)74(70)50-83(64,79(80)84)49-68-67(66-23-13-12-21-60(66)46-73(68)84)44-55-16-14-22-58(43-55)62-28-30-77(88-52-62)87-41-15-24-65(57-19-10-7-11-20-57)54(3)25-29-72(85)78(91)92/h6,8-9,12-14,16-18,21-23,28,30-31,34,40,43,46,49,53,57,59,61,63,65,69,71-73,75-76,79,87-90H,3,7,10-11,15,19-20,24-27,29,32-33,35-39,41-42,44-45,47-48,50-52H2,1-2,4-5H3,(H,91,92). The second-order valence-electron chi connectivity index (χ2n) is 34.4. The maximum absolute atomic E-state index is 15.3. The molecule has 5 N–H and O–H groups in total. The Hall–Kier alpha value is -5.43. The largest absolute Gasteiger partial charge is 0.481 e. The normalized spacial score (nSPS) is 42.6. The molecular formula is C86H106N2O4. The summed E-state index contributed by atoms with van der Waals surface area (Å²) < 4.78 is 0. The summed E-state index contributed by atoms with van der Waals surface area (Å²) >= 11 is 0. The number of aliphatic hydroxyl groups is 2. The van der Waals surface area contributed by atoms with E-state index < -0.39 is 40.3 Å². The third-order valence-corrected chi connectivity index (χ3v) is 30.4. The number of carboxylic acid groups (broad SMARTS) is 1. The molecule has 6 fully saturated rings. The second kappa shape index (κ2) is 22.1. The molecular weight excluding hydrogens is 1120 g/mol. The summed E-state index contributed by atoms with van der Waals surface area (Å²) in [7, 11) is 0. The maximum atomic E-state index is 15.3. The number of allylic oxidation sites excluding steroid dienone is 10. The van der Waals surface area contributed by atoms with Crippen LogP contribution in [0.3, 0.4) is 0 Å². The number of aliphatic carboxylic acids is 1. The Bertz CT molecular complexity index is 3830. The predicted octanol–water partition coefficient (Wildman–Crippen LogP) is 16.8. The van der Waals surface area contributed by atoms with Crippen molar-refractivity contribution in [2.24, 2.45) is 97.1 Å². The van der Waals surface area contributed by atoms with Gasteiger partial charge in [0.25, 0.3) is 0 Å². The highest BCUT2D eigenvalue weighted by Crippen LogP contribution is 2.87. The lowest BCUT2D eigenvalue weighted by Crippen LogP contribution is -2.69. The molecule has 3 aromatic rings. The van der Waals surface area contributed by atoms with Crippen molar-refractivity contribution in [1.29, 1.82) is 0 Å². The van der Waals surface area contributed by atoms with Crippen LogP contribution in [0.4, 0.5) is 0 Å². The van der Waals surface area contributed by atoms with E-state index in [2.05, 4.69) is 160 Å². The van der Waals surface area contributed by atoms with Gasteiger partial charge < -0.3 is 26.0 Å². The smallest absolute Gasteiger partial charge is 0.307 e. The lowest BCUT2D eigenvalue weighted by molar-refractivity contribution is -0.171. The first-order valence-electron chi connectivity index (χ1n) is 37.5. The third-order valence-electron chi connectivity index (χ3n) is 30.4. The molecule has 484 valence electrons. The first kappa shape index (κ1) is 60.3. The minimum Gasteiger partial charge on any atom is -0.481 e. The predicted molar refractivity (Wildman–Crippen MR) is 372 cm³/mol. The molecule has 21 rings (SSSR count). The molecule has 92 heavy (non-hydrogen) atoms. The molecule has 0 amide bonds. The van der Waals surface area contributed by atoms with Crippen molar-refractivity contribution in [3.05, 3.63) is 183 Å². The van der Waals surface area contributed by atoms with Crippen LogP contribution in [0.15, 0.2) is 156 Å². The Morgan fingerprint density at radius 3 is 2.41 bits per heavy atom. The van der Waals surface area contributed by atoms with Gasteiger partial charge in [0.2, 0.25) is 0 Å². The number of hydrogen-bond acceptors (Lipinski definition) is 5. The molecule has 3 aromatic carbocycles. The zero-order valence-corrected chi connectivity index (χ0v) is 56.1. The molecule has 18 aliphatic rings. The first-order valence-corrected chi connectivity index (χ1v) is 37.5. The average Bonchev–Trinajstić information content (AvgIpc) is 1.20. The number of nitrogens with one attached hydrogen (secondary N) is 2. The van der Waals surface area contributed by atoms with Crippen LogP contribution in [-0.2, 0) is 11.2 Å². The minimum atomic E-state index is -0.981. The van der Waals surface area contributed by atoms with Gasteiger partial charge in [-0.25, -0.2) is 0 Å². The number of benzene rings is 3. The summed E-state index contributed by atoms with van der Waals surface area (Å²) in [6, 6.07) is 30.3. The summed E-state index contributed by atoms with van der Waals surface area (Å²) in [4.78, 5) is 15.3. The van der Waals surface area contributed by atoms with Crippen LogP contribution in [0, 0.1) is 97.1 Å². The number of dihydropyridines is 1. The van der Waals surface area contributed by atoms with Crippen molar-refractivity contribution in [3.63, 3.8) is 0 Å². The summed E-state index contributed by atoms with van der Waals surface area (Å²) in [5.41, 5.74) is 11.8. The van der Waals surface area contributed by atoms with Gasteiger partial charge in [-0.15, -0.1) is 0 Å². The summed E-state index contributed by atoms with van der Waals surface area (Å²) in [5.74, 6) is 3.83. The Labute approximate surface area is 550 Å². The fourth-order valence-corrected chi connectivity index (χ4v) is 27.0. The van der Waals surface area contributed by atoms with E-state index in [9.17, 15) is 15.3 Å². The molecule has 6 heteroatoms. The van der Waals surface area contributed by atoms with Gasteiger partial charge in [0.15, 0.2) is 0 Å². The molecule has 0 saturated heterocycles. The van der Waals surface area contributed by atoms with Crippen molar-refractivity contribution < 1.29 is 20.1 Å². The van der Waals surface area contributed by atoms with E-state index in [4.69, 9.17) is 6.58 Å². The fraction of sp³-hybridized carbons (Fsp3) is 0.593. The van der Waals surface area contributed by atoms with Crippen molar-refractivity contribution in [2.75, 3.05) is 13.1 Å². The molecule has 0 radical (unpaired) electrons. The van der Waals surface area contributed by atoms with Crippen LogP contribution in [0.2, 0.25) is 0 Å². The van der Waals surface area contributed by atoms with Crippen LogP contribution >= 0.6 is 0 Å². The van der Waals surface area contributed by atoms with E-state index in [1.807, 2.05) is 0 Å². The number of carboxylic acids is 1. The summed E-state index contributed by atoms with van der Waals surface area (Å²) in [6.07, 6.45) is 42.9. The monoisotopic (exact) mass is 1230 g/mol. The van der Waals surface area contributed by atoms with Crippen molar-refractivity contribution >= 4 is 23.2 Å².